The van der Waals surface area contributed by atoms with Gasteiger partial charge in [0.1, 0.15) is 5.78 Å². The summed E-state index contributed by atoms with van der Waals surface area (Å²) in [6.45, 7) is 4.28. The van der Waals surface area contributed by atoms with Crippen molar-refractivity contribution in [2.45, 2.75) is 52.0 Å². The minimum absolute atomic E-state index is 0.0562. The number of carbonyl (C=O) groups excluding carboxylic acids is 2. The highest BCUT2D eigenvalue weighted by atomic mass is 32.2. The topological polar surface area (TPSA) is 99.2 Å². The van der Waals surface area contributed by atoms with Gasteiger partial charge in [-0.15, -0.1) is 0 Å². The maximum atomic E-state index is 13.9. The average Bonchev–Trinajstić information content (AvgIpc) is 3.12. The first kappa shape index (κ1) is 24.0. The van der Waals surface area contributed by atoms with Gasteiger partial charge >= 0.3 is 5.97 Å². The number of fused-ring (bicyclic) bond motifs is 3. The summed E-state index contributed by atoms with van der Waals surface area (Å²) in [6, 6.07) is 2.85. The summed E-state index contributed by atoms with van der Waals surface area (Å²) in [5.41, 5.74) is 0.375. The number of ether oxygens (including phenoxy) is 3. The molecule has 1 aliphatic heterocycles. The van der Waals surface area contributed by atoms with Gasteiger partial charge in [0.05, 0.1) is 39.5 Å². The number of carbonyl (C=O) groups is 2. The van der Waals surface area contributed by atoms with Gasteiger partial charge in [-0.1, -0.05) is 13.8 Å². The molecule has 2 bridgehead atoms. The van der Waals surface area contributed by atoms with Crippen molar-refractivity contribution < 1.29 is 32.2 Å². The lowest BCUT2D eigenvalue weighted by Crippen LogP contribution is -2.49. The van der Waals surface area contributed by atoms with E-state index in [1.54, 1.807) is 13.2 Å². The molecule has 8 nitrogen and oxygen atoms in total. The number of nitrogens with zero attached hydrogens (tertiary/aromatic N) is 1. The third kappa shape index (κ3) is 3.64. The first-order chi connectivity index (χ1) is 15.5. The van der Waals surface area contributed by atoms with Crippen molar-refractivity contribution in [2.24, 2.45) is 16.7 Å². The van der Waals surface area contributed by atoms with E-state index in [1.165, 1.54) is 18.5 Å². The second-order valence-electron chi connectivity index (χ2n) is 9.99. The van der Waals surface area contributed by atoms with Crippen LogP contribution in [0.5, 0.6) is 11.5 Å². The molecule has 2 aliphatic carbocycles. The molecule has 0 radical (unpaired) electrons. The highest BCUT2D eigenvalue weighted by Gasteiger charge is 2.65. The van der Waals surface area contributed by atoms with Gasteiger partial charge < -0.3 is 14.2 Å². The van der Waals surface area contributed by atoms with Gasteiger partial charge in [0.25, 0.3) is 0 Å². The van der Waals surface area contributed by atoms with Crippen LogP contribution < -0.4 is 9.47 Å². The van der Waals surface area contributed by atoms with E-state index in [0.717, 1.165) is 12.0 Å². The van der Waals surface area contributed by atoms with Crippen LogP contribution in [0.15, 0.2) is 12.1 Å². The summed E-state index contributed by atoms with van der Waals surface area (Å²) in [7, 11) is 0.486. The summed E-state index contributed by atoms with van der Waals surface area (Å²) >= 11 is 0. The highest BCUT2D eigenvalue weighted by molar-refractivity contribution is 7.89. The zero-order valence-electron chi connectivity index (χ0n) is 20.0. The van der Waals surface area contributed by atoms with Crippen LogP contribution in [0, 0.1) is 16.7 Å². The van der Waals surface area contributed by atoms with E-state index >= 15 is 0 Å². The molecule has 4 rings (SSSR count). The fourth-order valence-corrected chi connectivity index (χ4v) is 8.70. The molecule has 0 saturated heterocycles. The number of rotatable bonds is 7. The first-order valence-corrected chi connectivity index (χ1v) is 13.0. The van der Waals surface area contributed by atoms with E-state index in [0.29, 0.717) is 36.3 Å². The number of Topliss-reactive ketones (excluding diaryl/α,β-unsaturated/α-hetero) is 1. The maximum Gasteiger partial charge on any atom is 0.307 e. The SMILES string of the molecule is COC(=O)CC1c2cc(OC)c(OC)cc2CCN1S(=O)(=O)CC12CCC(CC1=O)C2(C)C. The molecule has 182 valence electrons. The maximum absolute atomic E-state index is 13.9. The van der Waals surface area contributed by atoms with E-state index in [-0.39, 0.29) is 35.8 Å². The van der Waals surface area contributed by atoms with Crippen molar-refractivity contribution in [1.29, 1.82) is 0 Å². The van der Waals surface area contributed by atoms with E-state index in [1.807, 2.05) is 19.9 Å². The third-order valence-electron chi connectivity index (χ3n) is 8.47. The van der Waals surface area contributed by atoms with Crippen LogP contribution in [-0.2, 0) is 30.8 Å². The monoisotopic (exact) mass is 479 g/mol. The number of benzene rings is 1. The lowest BCUT2D eigenvalue weighted by Gasteiger charge is -2.41. The van der Waals surface area contributed by atoms with Crippen molar-refractivity contribution in [3.63, 3.8) is 0 Å². The van der Waals surface area contributed by atoms with Crippen LogP contribution in [0.25, 0.3) is 0 Å². The zero-order valence-corrected chi connectivity index (χ0v) is 20.8. The number of hydrogen-bond acceptors (Lipinski definition) is 7. The lowest BCUT2D eigenvalue weighted by atomic mass is 9.70. The predicted molar refractivity (Wildman–Crippen MR) is 122 cm³/mol. The molecule has 3 aliphatic rings. The Hall–Kier alpha value is -2.13. The van der Waals surface area contributed by atoms with Crippen LogP contribution in [0.2, 0.25) is 0 Å². The Morgan fingerprint density at radius 3 is 2.36 bits per heavy atom. The average molecular weight is 480 g/mol. The molecule has 9 heteroatoms. The Morgan fingerprint density at radius 2 is 1.82 bits per heavy atom. The zero-order chi connectivity index (χ0) is 24.2. The van der Waals surface area contributed by atoms with Crippen molar-refractivity contribution in [2.75, 3.05) is 33.6 Å². The van der Waals surface area contributed by atoms with Crippen molar-refractivity contribution in [1.82, 2.24) is 4.31 Å². The molecular weight excluding hydrogens is 446 g/mol. The van der Waals surface area contributed by atoms with Gasteiger partial charge in [-0.2, -0.15) is 4.31 Å². The van der Waals surface area contributed by atoms with Gasteiger partial charge in [-0.05, 0) is 53.9 Å². The first-order valence-electron chi connectivity index (χ1n) is 11.3. The van der Waals surface area contributed by atoms with Crippen LogP contribution >= 0.6 is 0 Å². The molecule has 0 amide bonds. The quantitative estimate of drug-likeness (QED) is 0.555. The standard InChI is InChI=1S/C24H33NO7S/c1-23(2)16-6-8-24(23,21(26)11-16)14-33(28,29)25-9-7-15-10-19(30-3)20(31-4)12-17(15)18(25)13-22(27)32-5/h10,12,16,18H,6-9,11,13-14H2,1-5H3. The van der Waals surface area contributed by atoms with Gasteiger partial charge in [-0.25, -0.2) is 8.42 Å². The lowest BCUT2D eigenvalue weighted by molar-refractivity contribution is -0.141. The molecule has 0 aromatic heterocycles. The molecule has 1 aromatic rings. The van der Waals surface area contributed by atoms with E-state index < -0.39 is 27.4 Å². The van der Waals surface area contributed by atoms with Crippen molar-refractivity contribution in [3.8, 4) is 11.5 Å². The van der Waals surface area contributed by atoms with Gasteiger partial charge in [0, 0.05) is 18.4 Å². The summed E-state index contributed by atoms with van der Waals surface area (Å²) in [5.74, 6) is 0.584. The Balaban J connectivity index is 1.75. The van der Waals surface area contributed by atoms with Crippen LogP contribution in [-0.4, -0.2) is 58.1 Å². The van der Waals surface area contributed by atoms with Crippen molar-refractivity contribution >= 4 is 21.8 Å². The fraction of sp³-hybridized carbons (Fsp3) is 0.667. The summed E-state index contributed by atoms with van der Waals surface area (Å²) in [6.07, 6.45) is 2.28. The molecule has 3 atom stereocenters. The molecule has 2 fully saturated rings. The summed E-state index contributed by atoms with van der Waals surface area (Å²) in [5, 5.41) is 0. The number of methoxy groups -OCH3 is 3. The van der Waals surface area contributed by atoms with Crippen LogP contribution in [0.3, 0.4) is 0 Å². The Bertz CT molecular complexity index is 1080. The largest absolute Gasteiger partial charge is 0.493 e. The molecule has 33 heavy (non-hydrogen) atoms. The van der Waals surface area contributed by atoms with E-state index in [9.17, 15) is 18.0 Å². The minimum atomic E-state index is -3.86. The Labute approximate surface area is 195 Å². The number of hydrogen-bond donors (Lipinski definition) is 0. The molecule has 2 saturated carbocycles. The predicted octanol–water partition coefficient (Wildman–Crippen LogP) is 2.89. The summed E-state index contributed by atoms with van der Waals surface area (Å²) < 4.78 is 44.9. The fourth-order valence-electron chi connectivity index (χ4n) is 6.29. The Morgan fingerprint density at radius 1 is 1.15 bits per heavy atom. The highest BCUT2D eigenvalue weighted by Crippen LogP contribution is 2.64. The van der Waals surface area contributed by atoms with E-state index in [2.05, 4.69) is 0 Å². The van der Waals surface area contributed by atoms with Crippen molar-refractivity contribution in [3.05, 3.63) is 23.3 Å². The van der Waals surface area contributed by atoms with Crippen LogP contribution in [0.1, 0.15) is 56.7 Å². The number of ketones is 1. The third-order valence-corrected chi connectivity index (χ3v) is 10.5. The molecule has 3 unspecified atom stereocenters. The van der Waals surface area contributed by atoms with E-state index in [4.69, 9.17) is 14.2 Å². The molecule has 1 heterocycles. The molecular formula is C24H33NO7S. The summed E-state index contributed by atoms with van der Waals surface area (Å²) in [4.78, 5) is 25.3. The second-order valence-corrected chi connectivity index (χ2v) is 11.9. The molecule has 1 aromatic carbocycles. The van der Waals surface area contributed by atoms with Gasteiger partial charge in [0.15, 0.2) is 11.5 Å². The minimum Gasteiger partial charge on any atom is -0.493 e. The molecule has 0 N–H and O–H groups in total. The number of sulfonamides is 1. The van der Waals surface area contributed by atoms with Gasteiger partial charge in [-0.3, -0.25) is 9.59 Å². The normalized spacial score (nSPS) is 28.5. The molecule has 0 spiro atoms. The Kier molecular flexibility index (Phi) is 6.02. The number of esters is 1. The smallest absolute Gasteiger partial charge is 0.307 e. The second kappa shape index (κ2) is 8.27. The van der Waals surface area contributed by atoms with Crippen LogP contribution in [0.4, 0.5) is 0 Å². The van der Waals surface area contributed by atoms with Gasteiger partial charge in [0.2, 0.25) is 10.0 Å².